The third kappa shape index (κ3) is 4.15. The summed E-state index contributed by atoms with van der Waals surface area (Å²) in [5, 5.41) is 1.29. The molecule has 1 aliphatic rings. The average molecular weight is 399 g/mol. The van der Waals surface area contributed by atoms with E-state index in [9.17, 15) is 8.42 Å². The molecule has 2 aromatic carbocycles. The summed E-state index contributed by atoms with van der Waals surface area (Å²) >= 11 is 0. The van der Waals surface area contributed by atoms with Crippen LogP contribution in [-0.2, 0) is 16.6 Å². The molecule has 0 aliphatic carbocycles. The summed E-state index contributed by atoms with van der Waals surface area (Å²) in [5.41, 5.74) is 4.20. The summed E-state index contributed by atoms with van der Waals surface area (Å²) < 4.78 is 26.3. The molecule has 1 aromatic heterocycles. The number of nitrogens with zero attached hydrogens (tertiary/aromatic N) is 2. The van der Waals surface area contributed by atoms with E-state index in [1.807, 2.05) is 18.2 Å². The Morgan fingerprint density at radius 1 is 1.04 bits per heavy atom. The van der Waals surface area contributed by atoms with Crippen molar-refractivity contribution >= 4 is 32.3 Å². The van der Waals surface area contributed by atoms with E-state index in [1.165, 1.54) is 16.5 Å². The molecule has 0 atom stereocenters. The first-order valence-corrected chi connectivity index (χ1v) is 11.3. The molecule has 6 nitrogen and oxygen atoms in total. The highest BCUT2D eigenvalue weighted by molar-refractivity contribution is 7.92. The minimum atomic E-state index is -3.26. The number of piperazine rings is 1. The van der Waals surface area contributed by atoms with E-state index >= 15 is 0 Å². The van der Waals surface area contributed by atoms with E-state index in [1.54, 1.807) is 13.0 Å². The molecule has 3 aromatic rings. The Morgan fingerprint density at radius 2 is 1.82 bits per heavy atom. The second kappa shape index (κ2) is 7.85. The van der Waals surface area contributed by atoms with Crippen molar-refractivity contribution < 1.29 is 8.42 Å². The highest BCUT2D eigenvalue weighted by Gasteiger charge is 2.19. The molecule has 1 aliphatic heterocycles. The minimum absolute atomic E-state index is 0.0732. The topological polar surface area (TPSA) is 68.4 Å². The summed E-state index contributed by atoms with van der Waals surface area (Å²) in [4.78, 5) is 8.13. The molecule has 0 unspecified atom stereocenters. The summed E-state index contributed by atoms with van der Waals surface area (Å²) in [6, 6.07) is 16.1. The van der Waals surface area contributed by atoms with Crippen molar-refractivity contribution in [2.24, 2.45) is 0 Å². The first kappa shape index (κ1) is 18.8. The molecule has 148 valence electrons. The van der Waals surface area contributed by atoms with Crippen molar-refractivity contribution in [3.05, 3.63) is 60.3 Å². The zero-order chi connectivity index (χ0) is 19.6. The minimum Gasteiger partial charge on any atom is -0.369 e. The monoisotopic (exact) mass is 398 g/mol. The molecule has 0 radical (unpaired) electrons. The molecular formula is C21H26N4O2S. The van der Waals surface area contributed by atoms with Crippen molar-refractivity contribution in [3.63, 3.8) is 0 Å². The van der Waals surface area contributed by atoms with E-state index < -0.39 is 10.0 Å². The number of sulfonamides is 1. The Bertz CT molecular complexity index is 1050. The zero-order valence-corrected chi connectivity index (χ0v) is 16.9. The Kier molecular flexibility index (Phi) is 5.28. The summed E-state index contributed by atoms with van der Waals surface area (Å²) in [7, 11) is -3.26. The second-order valence-corrected chi connectivity index (χ2v) is 9.19. The van der Waals surface area contributed by atoms with Crippen LogP contribution in [0.5, 0.6) is 0 Å². The van der Waals surface area contributed by atoms with Crippen LogP contribution in [0.2, 0.25) is 0 Å². The van der Waals surface area contributed by atoms with Crippen LogP contribution >= 0.6 is 0 Å². The maximum atomic E-state index is 11.8. The van der Waals surface area contributed by atoms with E-state index in [4.69, 9.17) is 0 Å². The number of aromatic amines is 1. The number of para-hydroxylation sites is 1. The van der Waals surface area contributed by atoms with E-state index in [2.05, 4.69) is 50.0 Å². The van der Waals surface area contributed by atoms with Gasteiger partial charge in [-0.2, -0.15) is 0 Å². The molecule has 1 fully saturated rings. The number of rotatable bonds is 6. The van der Waals surface area contributed by atoms with Gasteiger partial charge < -0.3 is 9.88 Å². The van der Waals surface area contributed by atoms with Crippen molar-refractivity contribution in [2.45, 2.75) is 13.5 Å². The summed E-state index contributed by atoms with van der Waals surface area (Å²) in [6.45, 7) is 6.38. The Morgan fingerprint density at radius 3 is 2.61 bits per heavy atom. The third-order valence-electron chi connectivity index (χ3n) is 5.31. The number of nitrogens with one attached hydrogen (secondary N) is 2. The fourth-order valence-corrected chi connectivity index (χ4v) is 4.32. The lowest BCUT2D eigenvalue weighted by Gasteiger charge is -2.36. The van der Waals surface area contributed by atoms with Gasteiger partial charge in [-0.25, -0.2) is 8.42 Å². The lowest BCUT2D eigenvalue weighted by molar-refractivity contribution is 0.250. The van der Waals surface area contributed by atoms with Crippen LogP contribution in [0, 0.1) is 0 Å². The molecular weight excluding hydrogens is 372 g/mol. The standard InChI is InChI=1S/C21H26N4O2S/c1-2-28(26,27)23-18-6-5-7-19(14-18)25-12-10-24(11-13-25)16-17-15-22-21-9-4-3-8-20(17)21/h3-9,14-15,22-23H,2,10-13,16H2,1H3. The van der Waals surface area contributed by atoms with Gasteiger partial charge in [-0.05, 0) is 36.8 Å². The zero-order valence-electron chi connectivity index (χ0n) is 16.1. The van der Waals surface area contributed by atoms with Gasteiger partial charge in [-0.3, -0.25) is 9.62 Å². The van der Waals surface area contributed by atoms with Crippen molar-refractivity contribution in [1.29, 1.82) is 0 Å². The van der Waals surface area contributed by atoms with Gasteiger partial charge in [0.15, 0.2) is 0 Å². The quantitative estimate of drug-likeness (QED) is 0.669. The van der Waals surface area contributed by atoms with Crippen LogP contribution in [0.15, 0.2) is 54.7 Å². The molecule has 28 heavy (non-hydrogen) atoms. The first-order valence-electron chi connectivity index (χ1n) is 9.67. The Labute approximate surface area is 166 Å². The van der Waals surface area contributed by atoms with Gasteiger partial charge in [0, 0.05) is 55.5 Å². The van der Waals surface area contributed by atoms with Gasteiger partial charge in [-0.15, -0.1) is 0 Å². The number of H-pyrrole nitrogens is 1. The van der Waals surface area contributed by atoms with Gasteiger partial charge in [-0.1, -0.05) is 24.3 Å². The smallest absolute Gasteiger partial charge is 0.232 e. The van der Waals surface area contributed by atoms with Crippen LogP contribution in [-0.4, -0.2) is 50.2 Å². The molecule has 1 saturated heterocycles. The number of benzene rings is 2. The van der Waals surface area contributed by atoms with Gasteiger partial charge in [0.2, 0.25) is 10.0 Å². The number of anilines is 2. The van der Waals surface area contributed by atoms with Gasteiger partial charge in [0.05, 0.1) is 11.4 Å². The lowest BCUT2D eigenvalue weighted by atomic mass is 10.1. The molecule has 4 rings (SSSR count). The van der Waals surface area contributed by atoms with Crippen LogP contribution in [0.25, 0.3) is 10.9 Å². The predicted molar refractivity (Wildman–Crippen MR) is 115 cm³/mol. The number of fused-ring (bicyclic) bond motifs is 1. The SMILES string of the molecule is CCS(=O)(=O)Nc1cccc(N2CCN(Cc3c[nH]c4ccccc34)CC2)c1. The van der Waals surface area contributed by atoms with Crippen LogP contribution < -0.4 is 9.62 Å². The Balaban J connectivity index is 1.39. The molecule has 2 N–H and O–H groups in total. The number of aromatic nitrogens is 1. The molecule has 7 heteroatoms. The fraction of sp³-hybridized carbons (Fsp3) is 0.333. The number of hydrogen-bond acceptors (Lipinski definition) is 4. The normalized spacial score (nSPS) is 15.8. The van der Waals surface area contributed by atoms with E-state index in [0.717, 1.165) is 38.4 Å². The van der Waals surface area contributed by atoms with Gasteiger partial charge in [0.25, 0.3) is 0 Å². The van der Waals surface area contributed by atoms with Crippen LogP contribution in [0.4, 0.5) is 11.4 Å². The van der Waals surface area contributed by atoms with Crippen molar-refractivity contribution in [2.75, 3.05) is 41.6 Å². The van der Waals surface area contributed by atoms with Crippen molar-refractivity contribution in [3.8, 4) is 0 Å². The van der Waals surface area contributed by atoms with E-state index in [0.29, 0.717) is 5.69 Å². The maximum Gasteiger partial charge on any atom is 0.232 e. The molecule has 0 spiro atoms. The molecule has 0 amide bonds. The average Bonchev–Trinajstić information content (AvgIpc) is 3.11. The fourth-order valence-electron chi connectivity index (χ4n) is 3.69. The Hall–Kier alpha value is -2.51. The highest BCUT2D eigenvalue weighted by Crippen LogP contribution is 2.23. The maximum absolute atomic E-state index is 11.8. The second-order valence-electron chi connectivity index (χ2n) is 7.18. The van der Waals surface area contributed by atoms with Crippen LogP contribution in [0.3, 0.4) is 0 Å². The first-order chi connectivity index (χ1) is 13.5. The highest BCUT2D eigenvalue weighted by atomic mass is 32.2. The predicted octanol–water partition coefficient (Wildman–Crippen LogP) is 3.25. The van der Waals surface area contributed by atoms with Crippen LogP contribution in [0.1, 0.15) is 12.5 Å². The third-order valence-corrected chi connectivity index (χ3v) is 6.61. The molecule has 0 bridgehead atoms. The summed E-state index contributed by atoms with van der Waals surface area (Å²) in [6.07, 6.45) is 2.11. The van der Waals surface area contributed by atoms with Crippen molar-refractivity contribution in [1.82, 2.24) is 9.88 Å². The lowest BCUT2D eigenvalue weighted by Crippen LogP contribution is -2.45. The summed E-state index contributed by atoms with van der Waals surface area (Å²) in [5.74, 6) is 0.0732. The van der Waals surface area contributed by atoms with E-state index in [-0.39, 0.29) is 5.75 Å². The number of hydrogen-bond donors (Lipinski definition) is 2. The molecule has 0 saturated carbocycles. The van der Waals surface area contributed by atoms with Gasteiger partial charge >= 0.3 is 0 Å². The molecule has 2 heterocycles. The largest absolute Gasteiger partial charge is 0.369 e. The van der Waals surface area contributed by atoms with Gasteiger partial charge in [0.1, 0.15) is 0 Å².